The van der Waals surface area contributed by atoms with Crippen molar-refractivity contribution < 1.29 is 5.11 Å². The van der Waals surface area contributed by atoms with E-state index in [9.17, 15) is 0 Å². The summed E-state index contributed by atoms with van der Waals surface area (Å²) in [7, 11) is 1.77. The van der Waals surface area contributed by atoms with Crippen LogP contribution in [0.3, 0.4) is 0 Å². The zero-order valence-corrected chi connectivity index (χ0v) is 8.04. The molecule has 12 heavy (non-hydrogen) atoms. The fourth-order valence-electron chi connectivity index (χ4n) is 0.565. The Hall–Kier alpha value is -0.740. The van der Waals surface area contributed by atoms with E-state index in [0.717, 1.165) is 0 Å². The Balaban J connectivity index is 4.07. The molecule has 0 fully saturated rings. The predicted octanol–water partition coefficient (Wildman–Crippen LogP) is 0.542. The number of nitrogens with zero attached hydrogens (tertiary/aromatic N) is 2. The van der Waals surface area contributed by atoms with Gasteiger partial charge in [0.25, 0.3) is 0 Å². The lowest BCUT2D eigenvalue weighted by Crippen LogP contribution is -2.24. The van der Waals surface area contributed by atoms with Crippen molar-refractivity contribution in [1.82, 2.24) is 10.3 Å². The minimum atomic E-state index is -0.131. The average Bonchev–Trinajstić information content (AvgIpc) is 2.11. The summed E-state index contributed by atoms with van der Waals surface area (Å²) in [6.45, 7) is 5.12. The molecule has 2 N–H and O–H groups in total. The Kier molecular flexibility index (Phi) is 5.49. The van der Waals surface area contributed by atoms with E-state index in [1.165, 1.54) is 6.20 Å². The molecule has 0 saturated carbocycles. The maximum atomic E-state index is 8.43. The van der Waals surface area contributed by atoms with Crippen LogP contribution in [0.1, 0.15) is 6.92 Å². The highest BCUT2D eigenvalue weighted by Gasteiger charge is 2.09. The van der Waals surface area contributed by atoms with Gasteiger partial charge in [-0.05, 0) is 6.92 Å². The molecule has 1 unspecified atom stereocenters. The highest BCUT2D eigenvalue weighted by atomic mass is 35.5. The molecule has 0 aliphatic carbocycles. The Morgan fingerprint density at radius 1 is 1.92 bits per heavy atom. The fourth-order valence-corrected chi connectivity index (χ4v) is 0.783. The van der Waals surface area contributed by atoms with Crippen molar-refractivity contribution in [1.29, 1.82) is 0 Å². The monoisotopic (exact) mass is 191 g/mol. The molecule has 0 heterocycles. The molecule has 0 aliphatic rings. The molecule has 4 nitrogen and oxygen atoms in total. The summed E-state index contributed by atoms with van der Waals surface area (Å²) < 4.78 is 0. The maximum Gasteiger partial charge on any atom is 0.112 e. The Labute approximate surface area is 77.5 Å². The van der Waals surface area contributed by atoms with Crippen molar-refractivity contribution in [3.63, 3.8) is 0 Å². The van der Waals surface area contributed by atoms with Crippen LogP contribution in [0.5, 0.6) is 0 Å². The third-order valence-electron chi connectivity index (χ3n) is 1.51. The lowest BCUT2D eigenvalue weighted by molar-refractivity contribution is 0.277. The summed E-state index contributed by atoms with van der Waals surface area (Å²) in [5.41, 5.74) is 0. The van der Waals surface area contributed by atoms with E-state index in [0.29, 0.717) is 5.03 Å². The minimum Gasteiger partial charge on any atom is -0.377 e. The van der Waals surface area contributed by atoms with Crippen LogP contribution < -0.4 is 5.32 Å². The first-order valence-electron chi connectivity index (χ1n) is 3.52. The number of hydrazone groups is 1. The van der Waals surface area contributed by atoms with E-state index >= 15 is 0 Å². The van der Waals surface area contributed by atoms with Crippen LogP contribution in [0, 0.1) is 0 Å². The van der Waals surface area contributed by atoms with Crippen molar-refractivity contribution in [2.75, 3.05) is 13.8 Å². The van der Waals surface area contributed by atoms with Gasteiger partial charge in [-0.2, -0.15) is 5.10 Å². The molecular formula is C7H14ClN3O. The summed E-state index contributed by atoms with van der Waals surface area (Å²) >= 11 is 5.84. The van der Waals surface area contributed by atoms with Crippen LogP contribution >= 0.6 is 11.6 Å². The molecule has 70 valence electrons. The molecule has 0 radical (unpaired) electrons. The van der Waals surface area contributed by atoms with Gasteiger partial charge in [-0.3, -0.25) is 5.01 Å². The van der Waals surface area contributed by atoms with Gasteiger partial charge in [-0.25, -0.2) is 0 Å². The molecular weight excluding hydrogens is 178 g/mol. The standard InChI is InChI=1S/C7H14ClN3O/c1-6(11(3)9-2)7(8)4-10-5-12/h4,6,10,12H,2,5H2,1,3H3/b7-4+. The van der Waals surface area contributed by atoms with Gasteiger partial charge in [0.2, 0.25) is 0 Å². The number of hydrogen-bond acceptors (Lipinski definition) is 4. The Morgan fingerprint density at radius 2 is 2.50 bits per heavy atom. The average molecular weight is 192 g/mol. The highest BCUT2D eigenvalue weighted by Crippen LogP contribution is 2.11. The van der Waals surface area contributed by atoms with E-state index in [-0.39, 0.29) is 12.8 Å². The zero-order valence-electron chi connectivity index (χ0n) is 7.29. The molecule has 0 saturated heterocycles. The van der Waals surface area contributed by atoms with Gasteiger partial charge >= 0.3 is 0 Å². The number of likely N-dealkylation sites (N-methyl/N-ethyl adjacent to an activating group) is 1. The Bertz CT molecular complexity index is 172. The second kappa shape index (κ2) is 5.85. The zero-order chi connectivity index (χ0) is 9.56. The minimum absolute atomic E-state index is 0.0387. The van der Waals surface area contributed by atoms with Crippen molar-refractivity contribution in [2.24, 2.45) is 5.10 Å². The molecule has 0 aliphatic heterocycles. The number of aliphatic hydroxyl groups excluding tert-OH is 1. The maximum absolute atomic E-state index is 8.43. The number of nitrogens with one attached hydrogen (secondary N) is 1. The lowest BCUT2D eigenvalue weighted by atomic mass is 10.3. The normalized spacial score (nSPS) is 13.8. The van der Waals surface area contributed by atoms with E-state index in [4.69, 9.17) is 16.7 Å². The van der Waals surface area contributed by atoms with Crippen LogP contribution in [0.15, 0.2) is 16.3 Å². The van der Waals surface area contributed by atoms with Gasteiger partial charge in [-0.15, -0.1) is 0 Å². The largest absolute Gasteiger partial charge is 0.377 e. The molecule has 0 rings (SSSR count). The fraction of sp³-hybridized carbons (Fsp3) is 0.571. The van der Waals surface area contributed by atoms with E-state index in [1.54, 1.807) is 12.1 Å². The molecule has 1 atom stereocenters. The van der Waals surface area contributed by atoms with Crippen LogP contribution in [-0.2, 0) is 0 Å². The molecule has 0 aromatic rings. The summed E-state index contributed by atoms with van der Waals surface area (Å²) in [4.78, 5) is 0. The number of hydrogen-bond donors (Lipinski definition) is 2. The van der Waals surface area contributed by atoms with Crippen LogP contribution in [0.4, 0.5) is 0 Å². The number of halogens is 1. The van der Waals surface area contributed by atoms with Gasteiger partial charge in [0.05, 0.1) is 11.1 Å². The SMILES string of the molecule is C=NN(C)C(C)/C(Cl)=C\NCO. The van der Waals surface area contributed by atoms with Crippen molar-refractivity contribution in [3.05, 3.63) is 11.2 Å². The highest BCUT2D eigenvalue weighted by molar-refractivity contribution is 6.30. The molecule has 0 aromatic heterocycles. The number of rotatable bonds is 5. The quantitative estimate of drug-likeness (QED) is 0.379. The van der Waals surface area contributed by atoms with Gasteiger partial charge in [0.1, 0.15) is 6.73 Å². The van der Waals surface area contributed by atoms with Crippen molar-refractivity contribution in [3.8, 4) is 0 Å². The van der Waals surface area contributed by atoms with E-state index < -0.39 is 0 Å². The molecule has 0 amide bonds. The molecule has 5 heteroatoms. The first kappa shape index (κ1) is 11.3. The number of aliphatic hydroxyl groups is 1. The van der Waals surface area contributed by atoms with Crippen molar-refractivity contribution >= 4 is 18.3 Å². The smallest absolute Gasteiger partial charge is 0.112 e. The topological polar surface area (TPSA) is 47.9 Å². The van der Waals surface area contributed by atoms with Crippen molar-refractivity contribution in [2.45, 2.75) is 13.0 Å². The molecule has 0 bridgehead atoms. The first-order chi connectivity index (χ1) is 5.63. The van der Waals surface area contributed by atoms with Crippen LogP contribution in [0.2, 0.25) is 0 Å². The van der Waals surface area contributed by atoms with E-state index in [1.807, 2.05) is 6.92 Å². The first-order valence-corrected chi connectivity index (χ1v) is 3.90. The van der Waals surface area contributed by atoms with E-state index in [2.05, 4.69) is 17.1 Å². The predicted molar refractivity (Wildman–Crippen MR) is 50.9 cm³/mol. The summed E-state index contributed by atoms with van der Waals surface area (Å²) in [5.74, 6) is 0. The molecule has 0 spiro atoms. The van der Waals surface area contributed by atoms with Gasteiger partial charge in [0, 0.05) is 20.0 Å². The Morgan fingerprint density at radius 3 is 2.92 bits per heavy atom. The van der Waals surface area contributed by atoms with Crippen LogP contribution in [-0.4, -0.2) is 36.7 Å². The second-order valence-corrected chi connectivity index (χ2v) is 2.72. The second-order valence-electron chi connectivity index (χ2n) is 2.28. The third-order valence-corrected chi connectivity index (χ3v) is 1.94. The van der Waals surface area contributed by atoms with Gasteiger partial charge in [0.15, 0.2) is 0 Å². The van der Waals surface area contributed by atoms with Crippen LogP contribution in [0.25, 0.3) is 0 Å². The summed E-state index contributed by atoms with van der Waals surface area (Å²) in [5, 5.41) is 16.9. The third kappa shape index (κ3) is 3.59. The lowest BCUT2D eigenvalue weighted by Gasteiger charge is -2.20. The summed E-state index contributed by atoms with van der Waals surface area (Å²) in [6.07, 6.45) is 1.54. The molecule has 0 aromatic carbocycles. The summed E-state index contributed by atoms with van der Waals surface area (Å²) in [6, 6.07) is -0.0387. The van der Waals surface area contributed by atoms with Gasteiger partial charge < -0.3 is 10.4 Å². The van der Waals surface area contributed by atoms with Gasteiger partial charge in [-0.1, -0.05) is 11.6 Å².